The summed E-state index contributed by atoms with van der Waals surface area (Å²) in [6.07, 6.45) is -3.24. The van der Waals surface area contributed by atoms with Gasteiger partial charge in [-0.05, 0) is 12.1 Å². The van der Waals surface area contributed by atoms with Gasteiger partial charge in [0.05, 0.1) is 24.7 Å². The van der Waals surface area contributed by atoms with E-state index >= 15 is 0 Å². The minimum Gasteiger partial charge on any atom is -0.493 e. The van der Waals surface area contributed by atoms with Gasteiger partial charge in [-0.25, -0.2) is 4.39 Å². The number of nitrogens with one attached hydrogen (secondary N) is 1. The van der Waals surface area contributed by atoms with Crippen molar-refractivity contribution in [2.45, 2.75) is 18.6 Å². The van der Waals surface area contributed by atoms with Crippen molar-refractivity contribution in [1.29, 1.82) is 0 Å². The van der Waals surface area contributed by atoms with E-state index in [1.807, 2.05) is 0 Å². The van der Waals surface area contributed by atoms with Gasteiger partial charge in [0.25, 0.3) is 5.91 Å². The van der Waals surface area contributed by atoms with Crippen LogP contribution in [-0.2, 0) is 6.54 Å². The Morgan fingerprint density at radius 2 is 2.03 bits per heavy atom. The molecule has 0 aliphatic carbocycles. The number of halogens is 4. The molecular formula is C20H17F4N5O3. The van der Waals surface area contributed by atoms with Gasteiger partial charge in [-0.3, -0.25) is 9.20 Å². The number of nitrogens with zero attached hydrogens (tertiary/aromatic N) is 4. The zero-order chi connectivity index (χ0) is 22.6. The van der Waals surface area contributed by atoms with Gasteiger partial charge < -0.3 is 19.7 Å². The average Bonchev–Trinajstić information content (AvgIpc) is 3.37. The Morgan fingerprint density at radius 3 is 2.78 bits per heavy atom. The van der Waals surface area contributed by atoms with Crippen LogP contribution < -0.4 is 14.8 Å². The van der Waals surface area contributed by atoms with Crippen molar-refractivity contribution in [3.05, 3.63) is 47.0 Å². The summed E-state index contributed by atoms with van der Waals surface area (Å²) in [5, 5.41) is 10.8. The molecule has 4 heterocycles. The summed E-state index contributed by atoms with van der Waals surface area (Å²) in [7, 11) is 1.06. The molecule has 1 aromatic carbocycles. The second-order valence-electron chi connectivity index (χ2n) is 7.68. The molecule has 5 rings (SSSR count). The smallest absolute Gasteiger partial charge is 0.406 e. The summed E-state index contributed by atoms with van der Waals surface area (Å²) in [5.41, 5.74) is 1.11. The third kappa shape index (κ3) is 3.35. The van der Waals surface area contributed by atoms with Crippen molar-refractivity contribution < 1.29 is 31.8 Å². The lowest BCUT2D eigenvalue weighted by molar-refractivity contribution is -0.138. The molecule has 168 valence electrons. The number of hydrogen-bond donors (Lipinski definition) is 1. The van der Waals surface area contributed by atoms with Crippen molar-refractivity contribution in [3.63, 3.8) is 0 Å². The zero-order valence-corrected chi connectivity index (χ0v) is 16.7. The summed E-state index contributed by atoms with van der Waals surface area (Å²) in [6, 6.07) is 4.25. The molecule has 1 atom stereocenters. The molecule has 2 aromatic heterocycles. The standard InChI is InChI=1S/C20H17F4N5O3/c1-28(8-20(22,23)24)19(30)11-4-15-18(29-9-26-27-17(11)29)25-5-12-13(21)2-3-14-16(12)10(6-31-14)7-32-15/h2-4,9-10,25H,5-8H2,1H3/t10-/m0/s1. The first-order chi connectivity index (χ1) is 15.2. The fraction of sp³-hybridized carbons (Fsp3) is 0.350. The second kappa shape index (κ2) is 7.24. The maximum Gasteiger partial charge on any atom is 0.406 e. The van der Waals surface area contributed by atoms with E-state index in [1.165, 1.54) is 22.9 Å². The van der Waals surface area contributed by atoms with Crippen molar-refractivity contribution in [3.8, 4) is 11.5 Å². The molecule has 12 heteroatoms. The van der Waals surface area contributed by atoms with Crippen molar-refractivity contribution in [2.24, 2.45) is 0 Å². The van der Waals surface area contributed by atoms with Crippen LogP contribution in [0, 0.1) is 5.82 Å². The summed E-state index contributed by atoms with van der Waals surface area (Å²) < 4.78 is 66.0. The number of ether oxygens (including phenoxy) is 2. The lowest BCUT2D eigenvalue weighted by Gasteiger charge is -2.21. The number of rotatable bonds is 2. The molecule has 2 aliphatic heterocycles. The third-order valence-corrected chi connectivity index (χ3v) is 5.51. The van der Waals surface area contributed by atoms with Crippen LogP contribution in [0.4, 0.5) is 23.4 Å². The maximum absolute atomic E-state index is 14.6. The molecule has 0 saturated heterocycles. The van der Waals surface area contributed by atoms with Gasteiger partial charge in [-0.1, -0.05) is 0 Å². The monoisotopic (exact) mass is 451 g/mol. The highest BCUT2D eigenvalue weighted by atomic mass is 19.4. The highest BCUT2D eigenvalue weighted by molar-refractivity contribution is 6.00. The van der Waals surface area contributed by atoms with E-state index in [1.54, 1.807) is 6.07 Å². The Kier molecular flexibility index (Phi) is 4.60. The molecule has 0 saturated carbocycles. The highest BCUT2D eigenvalue weighted by Gasteiger charge is 2.34. The number of alkyl halides is 3. The van der Waals surface area contributed by atoms with Crippen LogP contribution in [0.25, 0.3) is 5.65 Å². The Morgan fingerprint density at radius 1 is 1.28 bits per heavy atom. The number of carbonyl (C=O) groups excluding carboxylic acids is 1. The van der Waals surface area contributed by atoms with Crippen LogP contribution in [-0.4, -0.2) is 58.4 Å². The van der Waals surface area contributed by atoms with Crippen LogP contribution in [0.5, 0.6) is 11.5 Å². The Labute approximate surface area is 178 Å². The molecule has 2 aliphatic rings. The van der Waals surface area contributed by atoms with Crippen LogP contribution in [0.1, 0.15) is 27.4 Å². The van der Waals surface area contributed by atoms with E-state index in [4.69, 9.17) is 9.47 Å². The van der Waals surface area contributed by atoms with Crippen LogP contribution in [0.3, 0.4) is 0 Å². The molecule has 0 radical (unpaired) electrons. The first-order valence-corrected chi connectivity index (χ1v) is 9.72. The molecule has 0 unspecified atom stereocenters. The van der Waals surface area contributed by atoms with E-state index in [9.17, 15) is 22.4 Å². The molecular weight excluding hydrogens is 434 g/mol. The van der Waals surface area contributed by atoms with Gasteiger partial charge in [-0.2, -0.15) is 13.2 Å². The van der Waals surface area contributed by atoms with Crippen LogP contribution in [0.15, 0.2) is 24.5 Å². The number of anilines is 1. The first kappa shape index (κ1) is 20.3. The zero-order valence-electron chi connectivity index (χ0n) is 16.7. The fourth-order valence-corrected chi connectivity index (χ4v) is 4.09. The van der Waals surface area contributed by atoms with Gasteiger partial charge in [0.15, 0.2) is 17.2 Å². The van der Waals surface area contributed by atoms with Crippen molar-refractivity contribution in [1.82, 2.24) is 19.5 Å². The SMILES string of the molecule is CN(CC(F)(F)F)C(=O)c1cc2c(n3cnnc13)NCc1c(F)ccc3c1[C@@H](CO3)CO2. The highest BCUT2D eigenvalue weighted by Crippen LogP contribution is 2.41. The lowest BCUT2D eigenvalue weighted by atomic mass is 9.96. The van der Waals surface area contributed by atoms with Crippen molar-refractivity contribution >= 4 is 17.4 Å². The summed E-state index contributed by atoms with van der Waals surface area (Å²) in [4.78, 5) is 13.3. The van der Waals surface area contributed by atoms with Gasteiger partial charge in [0, 0.05) is 30.8 Å². The summed E-state index contributed by atoms with van der Waals surface area (Å²) in [6.45, 7) is -0.896. The minimum absolute atomic E-state index is 0.0551. The Bertz CT molecular complexity index is 1230. The van der Waals surface area contributed by atoms with E-state index in [0.29, 0.717) is 34.2 Å². The maximum atomic E-state index is 14.6. The summed E-state index contributed by atoms with van der Waals surface area (Å²) >= 11 is 0. The Balaban J connectivity index is 1.58. The molecule has 0 spiro atoms. The van der Waals surface area contributed by atoms with Crippen LogP contribution >= 0.6 is 0 Å². The number of aromatic nitrogens is 3. The molecule has 3 aromatic rings. The number of benzene rings is 1. The normalized spacial score (nSPS) is 17.2. The van der Waals surface area contributed by atoms with E-state index < -0.39 is 24.4 Å². The second-order valence-corrected chi connectivity index (χ2v) is 7.68. The first-order valence-electron chi connectivity index (χ1n) is 9.72. The summed E-state index contributed by atoms with van der Waals surface area (Å²) in [5.74, 6) is -0.363. The Hall–Kier alpha value is -3.57. The van der Waals surface area contributed by atoms with Gasteiger partial charge in [-0.15, -0.1) is 10.2 Å². The minimum atomic E-state index is -4.55. The lowest BCUT2D eigenvalue weighted by Crippen LogP contribution is -2.36. The topological polar surface area (TPSA) is 81.0 Å². The number of carbonyl (C=O) groups is 1. The number of pyridine rings is 1. The molecule has 1 amide bonds. The van der Waals surface area contributed by atoms with Gasteiger partial charge in [0.1, 0.15) is 24.4 Å². The van der Waals surface area contributed by atoms with Crippen LogP contribution in [0.2, 0.25) is 0 Å². The third-order valence-electron chi connectivity index (χ3n) is 5.51. The number of fused-ring (bicyclic) bond motifs is 3. The average molecular weight is 451 g/mol. The van der Waals surface area contributed by atoms with E-state index in [0.717, 1.165) is 7.05 Å². The molecule has 0 bridgehead atoms. The molecule has 8 nitrogen and oxygen atoms in total. The fourth-order valence-electron chi connectivity index (χ4n) is 4.09. The predicted molar refractivity (Wildman–Crippen MR) is 103 cm³/mol. The quantitative estimate of drug-likeness (QED) is 0.604. The number of amides is 1. The van der Waals surface area contributed by atoms with Crippen molar-refractivity contribution in [2.75, 3.05) is 32.1 Å². The largest absolute Gasteiger partial charge is 0.493 e. The predicted octanol–water partition coefficient (Wildman–Crippen LogP) is 2.98. The van der Waals surface area contributed by atoms with Gasteiger partial charge in [0.2, 0.25) is 0 Å². The molecule has 32 heavy (non-hydrogen) atoms. The number of hydrogen-bond acceptors (Lipinski definition) is 6. The van der Waals surface area contributed by atoms with E-state index in [-0.39, 0.29) is 36.0 Å². The van der Waals surface area contributed by atoms with Gasteiger partial charge >= 0.3 is 6.18 Å². The molecule has 0 fully saturated rings. The molecule has 1 N–H and O–H groups in total. The van der Waals surface area contributed by atoms with E-state index in [2.05, 4.69) is 15.5 Å².